The van der Waals surface area contributed by atoms with Gasteiger partial charge in [-0.05, 0) is 47.7 Å². The highest BCUT2D eigenvalue weighted by atomic mass is 32.2. The first-order valence-corrected chi connectivity index (χ1v) is 11.1. The van der Waals surface area contributed by atoms with Gasteiger partial charge in [-0.2, -0.15) is 0 Å². The third kappa shape index (κ3) is 5.20. The van der Waals surface area contributed by atoms with Crippen LogP contribution in [0.2, 0.25) is 0 Å². The second-order valence-electron chi connectivity index (χ2n) is 6.28. The summed E-state index contributed by atoms with van der Waals surface area (Å²) >= 11 is 1.31. The molecule has 1 aromatic heterocycles. The lowest BCUT2D eigenvalue weighted by Crippen LogP contribution is -2.13. The molecule has 2 aromatic carbocycles. The van der Waals surface area contributed by atoms with Gasteiger partial charge in [-0.15, -0.1) is 0 Å². The van der Waals surface area contributed by atoms with E-state index >= 15 is 0 Å². The Balaban J connectivity index is 1.80. The molecule has 0 atom stereocenters. The summed E-state index contributed by atoms with van der Waals surface area (Å²) in [5.41, 5.74) is 1.27. The fourth-order valence-corrected chi connectivity index (χ4v) is 4.16. The van der Waals surface area contributed by atoms with Crippen molar-refractivity contribution in [2.24, 2.45) is 7.05 Å². The Morgan fingerprint density at radius 2 is 1.93 bits per heavy atom. The van der Waals surface area contributed by atoms with Crippen LogP contribution in [0.3, 0.4) is 0 Å². The number of aryl methyl sites for hydroxylation is 1. The van der Waals surface area contributed by atoms with Gasteiger partial charge >= 0.3 is 0 Å². The van der Waals surface area contributed by atoms with Gasteiger partial charge in [0.25, 0.3) is 5.91 Å². The van der Waals surface area contributed by atoms with Crippen LogP contribution in [0.4, 0.5) is 10.1 Å². The summed E-state index contributed by atoms with van der Waals surface area (Å²) in [7, 11) is -1.31. The van der Waals surface area contributed by atoms with Gasteiger partial charge in [0.05, 0.1) is 11.4 Å². The molecule has 0 saturated heterocycles. The van der Waals surface area contributed by atoms with Crippen LogP contribution >= 0.6 is 11.8 Å². The second-order valence-corrected chi connectivity index (χ2v) is 9.43. The van der Waals surface area contributed by atoms with Gasteiger partial charge in [0.2, 0.25) is 0 Å². The van der Waals surface area contributed by atoms with Crippen molar-refractivity contribution in [1.29, 1.82) is 0 Å². The van der Waals surface area contributed by atoms with Crippen LogP contribution in [-0.4, -0.2) is 30.1 Å². The van der Waals surface area contributed by atoms with Crippen LogP contribution in [0.1, 0.15) is 15.9 Å². The van der Waals surface area contributed by atoms with Crippen LogP contribution in [0.25, 0.3) is 0 Å². The number of halogens is 1. The first-order chi connectivity index (χ1) is 13.2. The summed E-state index contributed by atoms with van der Waals surface area (Å²) < 4.78 is 38.3. The van der Waals surface area contributed by atoms with E-state index in [1.54, 1.807) is 42.7 Å². The lowest BCUT2D eigenvalue weighted by molar-refractivity contribution is 0.102. The maximum atomic E-state index is 13.7. The van der Waals surface area contributed by atoms with Crippen molar-refractivity contribution in [3.63, 3.8) is 0 Å². The Kier molecular flexibility index (Phi) is 5.85. The van der Waals surface area contributed by atoms with Gasteiger partial charge in [-0.25, -0.2) is 17.8 Å². The fraction of sp³-hybridized carbons (Fsp3) is 0.158. The molecule has 0 bridgehead atoms. The fourth-order valence-electron chi connectivity index (χ4n) is 2.49. The van der Waals surface area contributed by atoms with Gasteiger partial charge in [0, 0.05) is 36.2 Å². The van der Waals surface area contributed by atoms with Gasteiger partial charge in [-0.3, -0.25) is 4.79 Å². The number of carbonyl (C=O) groups is 1. The van der Waals surface area contributed by atoms with E-state index < -0.39 is 21.6 Å². The molecule has 3 aromatic rings. The predicted molar refractivity (Wildman–Crippen MR) is 107 cm³/mol. The first-order valence-electron chi connectivity index (χ1n) is 8.24. The topological polar surface area (TPSA) is 81.1 Å². The maximum absolute atomic E-state index is 13.7. The molecule has 0 aliphatic rings. The number of anilines is 1. The molecule has 3 rings (SSSR count). The molecule has 0 aliphatic carbocycles. The molecule has 1 amide bonds. The van der Waals surface area contributed by atoms with Crippen molar-refractivity contribution in [3.8, 4) is 0 Å². The standard InChI is InChI=1S/C19H18FN3O3S2/c1-23-10-9-21-19(23)27-17-8-7-15(20)11-16(17)22-18(24)14-5-3-13(4-6-14)12-28(2,25)26/h3-11H,12H2,1-2H3,(H,22,24). The largest absolute Gasteiger partial charge is 0.329 e. The molecule has 0 fully saturated rings. The van der Waals surface area contributed by atoms with E-state index in [2.05, 4.69) is 10.3 Å². The molecule has 0 spiro atoms. The van der Waals surface area contributed by atoms with Crippen molar-refractivity contribution < 1.29 is 17.6 Å². The average Bonchev–Trinajstić information content (AvgIpc) is 3.01. The number of imidazole rings is 1. The zero-order valence-corrected chi connectivity index (χ0v) is 16.8. The molecule has 9 heteroatoms. The molecule has 28 heavy (non-hydrogen) atoms. The van der Waals surface area contributed by atoms with Gasteiger partial charge < -0.3 is 9.88 Å². The molecule has 0 radical (unpaired) electrons. The Bertz CT molecular complexity index is 1110. The number of benzene rings is 2. The van der Waals surface area contributed by atoms with E-state index in [9.17, 15) is 17.6 Å². The zero-order valence-electron chi connectivity index (χ0n) is 15.2. The second kappa shape index (κ2) is 8.15. The summed E-state index contributed by atoms with van der Waals surface area (Å²) in [5.74, 6) is -0.982. The predicted octanol–water partition coefficient (Wildman–Crippen LogP) is 3.51. The van der Waals surface area contributed by atoms with Crippen LogP contribution in [-0.2, 0) is 22.6 Å². The Morgan fingerprint density at radius 1 is 1.21 bits per heavy atom. The number of sulfone groups is 1. The lowest BCUT2D eigenvalue weighted by Gasteiger charge is -2.11. The van der Waals surface area contributed by atoms with Crippen LogP contribution in [0.15, 0.2) is 64.9 Å². The number of nitrogens with one attached hydrogen (secondary N) is 1. The minimum Gasteiger partial charge on any atom is -0.329 e. The highest BCUT2D eigenvalue weighted by Gasteiger charge is 2.13. The van der Waals surface area contributed by atoms with Crippen molar-refractivity contribution in [3.05, 3.63) is 71.8 Å². The van der Waals surface area contributed by atoms with Gasteiger partial charge in [-0.1, -0.05) is 12.1 Å². The monoisotopic (exact) mass is 419 g/mol. The van der Waals surface area contributed by atoms with Crippen LogP contribution in [0.5, 0.6) is 0 Å². The molecule has 146 valence electrons. The lowest BCUT2D eigenvalue weighted by atomic mass is 10.1. The molecule has 1 N–H and O–H groups in total. The minimum absolute atomic E-state index is 0.0940. The van der Waals surface area contributed by atoms with Crippen molar-refractivity contribution in [2.75, 3.05) is 11.6 Å². The summed E-state index contributed by atoms with van der Waals surface area (Å²) in [6, 6.07) is 10.4. The van der Waals surface area contributed by atoms with Crippen molar-refractivity contribution in [2.45, 2.75) is 15.8 Å². The average molecular weight is 420 g/mol. The number of rotatable bonds is 6. The van der Waals surface area contributed by atoms with E-state index in [0.717, 1.165) is 6.26 Å². The number of hydrogen-bond donors (Lipinski definition) is 1. The number of aromatic nitrogens is 2. The van der Waals surface area contributed by atoms with E-state index in [1.165, 1.54) is 23.9 Å². The SMILES string of the molecule is Cn1ccnc1Sc1ccc(F)cc1NC(=O)c1ccc(CS(C)(=O)=O)cc1. The third-order valence-corrected chi connectivity index (χ3v) is 5.82. The van der Waals surface area contributed by atoms with Gasteiger partial charge in [0.1, 0.15) is 5.82 Å². The van der Waals surface area contributed by atoms with Crippen molar-refractivity contribution >= 4 is 33.2 Å². The number of hydrogen-bond acceptors (Lipinski definition) is 5. The van der Waals surface area contributed by atoms with Crippen LogP contribution < -0.4 is 5.32 Å². The van der Waals surface area contributed by atoms with E-state index in [-0.39, 0.29) is 5.75 Å². The molecule has 0 saturated carbocycles. The molecule has 0 unspecified atom stereocenters. The number of nitrogens with zero attached hydrogens (tertiary/aromatic N) is 2. The summed E-state index contributed by atoms with van der Waals surface area (Å²) in [6.45, 7) is 0. The normalized spacial score (nSPS) is 11.4. The summed E-state index contributed by atoms with van der Waals surface area (Å²) in [4.78, 5) is 17.4. The number of carbonyl (C=O) groups excluding carboxylic acids is 1. The molecule has 6 nitrogen and oxygen atoms in total. The van der Waals surface area contributed by atoms with Crippen LogP contribution in [0, 0.1) is 5.82 Å². The summed E-state index contributed by atoms with van der Waals surface area (Å²) in [6.07, 6.45) is 4.60. The van der Waals surface area contributed by atoms with Gasteiger partial charge in [0.15, 0.2) is 15.0 Å². The van der Waals surface area contributed by atoms with Crippen molar-refractivity contribution in [1.82, 2.24) is 9.55 Å². The van der Waals surface area contributed by atoms with E-state index in [4.69, 9.17) is 0 Å². The molecule has 0 aliphatic heterocycles. The number of amides is 1. The maximum Gasteiger partial charge on any atom is 0.255 e. The highest BCUT2D eigenvalue weighted by Crippen LogP contribution is 2.33. The highest BCUT2D eigenvalue weighted by molar-refractivity contribution is 7.99. The molecular weight excluding hydrogens is 401 g/mol. The van der Waals surface area contributed by atoms with E-state index in [0.29, 0.717) is 26.9 Å². The smallest absolute Gasteiger partial charge is 0.255 e. The summed E-state index contributed by atoms with van der Waals surface area (Å²) in [5, 5.41) is 3.41. The van der Waals surface area contributed by atoms with E-state index in [1.807, 2.05) is 11.6 Å². The molecular formula is C19H18FN3O3S2. The Hall–Kier alpha value is -2.65. The third-order valence-electron chi connectivity index (χ3n) is 3.81. The Morgan fingerprint density at radius 3 is 2.54 bits per heavy atom. The minimum atomic E-state index is -3.15. The first kappa shape index (κ1) is 20.1. The molecule has 1 heterocycles. The Labute approximate surface area is 166 Å². The zero-order chi connectivity index (χ0) is 20.3. The quantitative estimate of drug-likeness (QED) is 0.661.